The first kappa shape index (κ1) is 14.0. The van der Waals surface area contributed by atoms with Crippen LogP contribution in [0.3, 0.4) is 0 Å². The number of hydrogen-bond donors (Lipinski definition) is 0. The second-order valence-corrected chi connectivity index (χ2v) is 1.85. The van der Waals surface area contributed by atoms with E-state index in [0.717, 1.165) is 6.26 Å². The van der Waals surface area contributed by atoms with Gasteiger partial charge >= 0.3 is 11.9 Å². The van der Waals surface area contributed by atoms with E-state index in [1.54, 1.807) is 13.0 Å². The Morgan fingerprint density at radius 3 is 1.69 bits per heavy atom. The zero-order valence-corrected chi connectivity index (χ0v) is 8.07. The van der Waals surface area contributed by atoms with Crippen LogP contribution in [0.2, 0.25) is 0 Å². The molecule has 0 amide bonds. The number of allylic oxidation sites excluding steroid dienone is 1. The summed E-state index contributed by atoms with van der Waals surface area (Å²) in [5.41, 5.74) is 0. The largest absolute Gasteiger partial charge is 0.435 e. The van der Waals surface area contributed by atoms with Gasteiger partial charge in [-0.25, -0.2) is 0 Å². The van der Waals surface area contributed by atoms with E-state index in [0.29, 0.717) is 0 Å². The molecule has 0 aliphatic carbocycles. The van der Waals surface area contributed by atoms with Crippen molar-refractivity contribution in [1.82, 2.24) is 0 Å². The highest BCUT2D eigenvalue weighted by molar-refractivity contribution is 5.66. The maximum absolute atomic E-state index is 9.93. The van der Waals surface area contributed by atoms with Gasteiger partial charge in [-0.05, 0) is 6.92 Å². The predicted octanol–water partition coefficient (Wildman–Crippen LogP) is 1.78. The molecule has 0 saturated carbocycles. The van der Waals surface area contributed by atoms with E-state index in [1.807, 2.05) is 0 Å². The lowest BCUT2D eigenvalue weighted by atomic mass is 10.7. The lowest BCUT2D eigenvalue weighted by Crippen LogP contribution is -1.88. The third-order valence-electron chi connectivity index (χ3n) is 0.619. The van der Waals surface area contributed by atoms with Gasteiger partial charge in [0.25, 0.3) is 0 Å². The van der Waals surface area contributed by atoms with Crippen LogP contribution in [-0.4, -0.2) is 11.9 Å². The summed E-state index contributed by atoms with van der Waals surface area (Å²) >= 11 is 0. The average molecular weight is 186 g/mol. The van der Waals surface area contributed by atoms with E-state index >= 15 is 0 Å². The minimum absolute atomic E-state index is 0.280. The molecule has 0 atom stereocenters. The molecule has 0 aromatic rings. The van der Waals surface area contributed by atoms with Crippen LogP contribution < -0.4 is 0 Å². The van der Waals surface area contributed by atoms with Crippen LogP contribution >= 0.6 is 0 Å². The van der Waals surface area contributed by atoms with Gasteiger partial charge in [-0.1, -0.05) is 12.7 Å². The van der Waals surface area contributed by atoms with E-state index in [-0.39, 0.29) is 11.9 Å². The summed E-state index contributed by atoms with van der Waals surface area (Å²) in [4.78, 5) is 19.7. The highest BCUT2D eigenvalue weighted by Gasteiger charge is 1.80. The Morgan fingerprint density at radius 2 is 1.62 bits per heavy atom. The van der Waals surface area contributed by atoms with Crippen LogP contribution in [0.5, 0.6) is 0 Å². The molecule has 0 aliphatic heterocycles. The van der Waals surface area contributed by atoms with Crippen LogP contribution in [0.15, 0.2) is 25.2 Å². The van der Waals surface area contributed by atoms with Crippen molar-refractivity contribution in [2.45, 2.75) is 20.8 Å². The van der Waals surface area contributed by atoms with Crippen molar-refractivity contribution in [3.8, 4) is 0 Å². The topological polar surface area (TPSA) is 52.6 Å². The summed E-state index contributed by atoms with van der Waals surface area (Å²) in [5, 5.41) is 0. The highest BCUT2D eigenvalue weighted by atomic mass is 16.5. The first-order valence-electron chi connectivity index (χ1n) is 3.61. The first-order valence-corrected chi connectivity index (χ1v) is 3.61. The van der Waals surface area contributed by atoms with Crippen molar-refractivity contribution in [3.63, 3.8) is 0 Å². The summed E-state index contributed by atoms with van der Waals surface area (Å²) in [5.74, 6) is -0.608. The number of hydrogen-bond acceptors (Lipinski definition) is 4. The van der Waals surface area contributed by atoms with Gasteiger partial charge < -0.3 is 9.47 Å². The highest BCUT2D eigenvalue weighted by Crippen LogP contribution is 1.75. The van der Waals surface area contributed by atoms with Crippen LogP contribution in [0.25, 0.3) is 0 Å². The monoisotopic (exact) mass is 186 g/mol. The Balaban J connectivity index is 0. The van der Waals surface area contributed by atoms with E-state index in [4.69, 9.17) is 0 Å². The molecule has 0 unspecified atom stereocenters. The Hall–Kier alpha value is -1.58. The Morgan fingerprint density at radius 1 is 1.15 bits per heavy atom. The molecular weight excluding hydrogens is 172 g/mol. The predicted molar refractivity (Wildman–Crippen MR) is 48.5 cm³/mol. The second kappa shape index (κ2) is 10.4. The summed E-state index contributed by atoms with van der Waals surface area (Å²) < 4.78 is 8.54. The van der Waals surface area contributed by atoms with E-state index in [2.05, 4.69) is 16.1 Å². The molecule has 0 aromatic carbocycles. The number of ether oxygens (including phenoxy) is 2. The molecule has 0 aliphatic rings. The quantitative estimate of drug-likeness (QED) is 0.487. The van der Waals surface area contributed by atoms with Gasteiger partial charge in [-0.3, -0.25) is 9.59 Å². The summed E-state index contributed by atoms with van der Waals surface area (Å²) in [6.07, 6.45) is 4.10. The molecule has 0 heterocycles. The minimum atomic E-state index is -0.329. The average Bonchev–Trinajstić information content (AvgIpc) is 2.01. The normalized spacial score (nSPS) is 8.23. The maximum Gasteiger partial charge on any atom is 0.307 e. The molecule has 0 spiro atoms. The van der Waals surface area contributed by atoms with Gasteiger partial charge in [0.05, 0.1) is 12.5 Å². The molecule has 4 nitrogen and oxygen atoms in total. The zero-order valence-electron chi connectivity index (χ0n) is 8.07. The van der Waals surface area contributed by atoms with Gasteiger partial charge in [0, 0.05) is 13.8 Å². The summed E-state index contributed by atoms with van der Waals surface area (Å²) in [7, 11) is 0. The number of carbonyl (C=O) groups excluding carboxylic acids is 2. The van der Waals surface area contributed by atoms with Gasteiger partial charge in [0.1, 0.15) is 0 Å². The van der Waals surface area contributed by atoms with Crippen molar-refractivity contribution < 1.29 is 19.1 Å². The van der Waals surface area contributed by atoms with Crippen LogP contribution in [0, 0.1) is 0 Å². The Labute approximate surface area is 77.8 Å². The number of rotatable bonds is 2. The molecule has 0 saturated heterocycles. The molecule has 0 radical (unpaired) electrons. The van der Waals surface area contributed by atoms with Crippen molar-refractivity contribution in [2.75, 3.05) is 0 Å². The molecule has 74 valence electrons. The standard InChI is InChI=1S/C5H8O2.C4H6O2/c1-3-4-7-5(2)6;1-3-6-4(2)5/h3-4H,1-2H3;3H,1H2,2H3. The third kappa shape index (κ3) is 25.1. The molecule has 4 heteroatoms. The van der Waals surface area contributed by atoms with E-state index in [1.165, 1.54) is 20.1 Å². The molecule has 13 heavy (non-hydrogen) atoms. The fourth-order valence-electron chi connectivity index (χ4n) is 0.281. The lowest BCUT2D eigenvalue weighted by molar-refractivity contribution is -0.136. The van der Waals surface area contributed by atoms with Crippen LogP contribution in [0.4, 0.5) is 0 Å². The SMILES string of the molecule is C=COC(C)=O.CC=COC(C)=O. The smallest absolute Gasteiger partial charge is 0.307 e. The Bertz CT molecular complexity index is 194. The van der Waals surface area contributed by atoms with Gasteiger partial charge in [0.15, 0.2) is 0 Å². The van der Waals surface area contributed by atoms with Crippen molar-refractivity contribution in [2.24, 2.45) is 0 Å². The fourth-order valence-corrected chi connectivity index (χ4v) is 0.281. The van der Waals surface area contributed by atoms with Crippen LogP contribution in [-0.2, 0) is 19.1 Å². The number of carbonyl (C=O) groups is 2. The van der Waals surface area contributed by atoms with Crippen molar-refractivity contribution >= 4 is 11.9 Å². The maximum atomic E-state index is 9.93. The molecule has 0 aromatic heterocycles. The second-order valence-electron chi connectivity index (χ2n) is 1.85. The first-order chi connectivity index (χ1) is 6.04. The van der Waals surface area contributed by atoms with Gasteiger partial charge in [-0.15, -0.1) is 0 Å². The van der Waals surface area contributed by atoms with Crippen molar-refractivity contribution in [1.29, 1.82) is 0 Å². The van der Waals surface area contributed by atoms with Crippen molar-refractivity contribution in [3.05, 3.63) is 25.2 Å². The summed E-state index contributed by atoms with van der Waals surface area (Å²) in [6.45, 7) is 7.62. The molecule has 0 bridgehead atoms. The molecule has 0 N–H and O–H groups in total. The van der Waals surface area contributed by atoms with Gasteiger partial charge in [0.2, 0.25) is 0 Å². The molecule has 0 fully saturated rings. The van der Waals surface area contributed by atoms with E-state index < -0.39 is 0 Å². The zero-order chi connectivity index (χ0) is 10.7. The Kier molecular flexibility index (Phi) is 11.2. The number of esters is 2. The lowest BCUT2D eigenvalue weighted by Gasteiger charge is -1.85. The molecular formula is C9H14O4. The van der Waals surface area contributed by atoms with Gasteiger partial charge in [-0.2, -0.15) is 0 Å². The fraction of sp³-hybridized carbons (Fsp3) is 0.333. The van der Waals surface area contributed by atoms with Crippen LogP contribution in [0.1, 0.15) is 20.8 Å². The molecule has 0 rings (SSSR count). The van der Waals surface area contributed by atoms with E-state index in [9.17, 15) is 9.59 Å². The summed E-state index contributed by atoms with van der Waals surface area (Å²) in [6, 6.07) is 0. The third-order valence-corrected chi connectivity index (χ3v) is 0.619. The minimum Gasteiger partial charge on any atom is -0.435 e.